The number of carbonyl (C=O) groups is 1. The zero-order chi connectivity index (χ0) is 9.40. The third-order valence-corrected chi connectivity index (χ3v) is 2.11. The number of carbonyl (C=O) groups excluding carboxylic acids is 1. The van der Waals surface area contributed by atoms with Crippen molar-refractivity contribution in [3.8, 4) is 0 Å². The van der Waals surface area contributed by atoms with Gasteiger partial charge in [0.2, 0.25) is 0 Å². The molecule has 0 aliphatic carbocycles. The summed E-state index contributed by atoms with van der Waals surface area (Å²) in [5, 5.41) is 17.3. The van der Waals surface area contributed by atoms with Crippen molar-refractivity contribution in [1.29, 1.82) is 0 Å². The lowest BCUT2D eigenvalue weighted by Crippen LogP contribution is -2.16. The molecule has 5 heteroatoms. The number of aliphatic hydroxyl groups excluding tert-OH is 2. The fraction of sp³-hybridized carbons (Fsp3) is 0.857. The Morgan fingerprint density at radius 1 is 1.67 bits per heavy atom. The number of esters is 1. The van der Waals surface area contributed by atoms with Crippen molar-refractivity contribution < 1.29 is 19.7 Å². The van der Waals surface area contributed by atoms with E-state index < -0.39 is 6.10 Å². The lowest BCUT2D eigenvalue weighted by molar-refractivity contribution is -0.139. The predicted molar refractivity (Wildman–Crippen MR) is 47.1 cm³/mol. The van der Waals surface area contributed by atoms with Gasteiger partial charge in [-0.1, -0.05) is 0 Å². The SMILES string of the molecule is CCOC(=O)CSCC(O)CO. The van der Waals surface area contributed by atoms with Crippen LogP contribution in [0.4, 0.5) is 0 Å². The Morgan fingerprint density at radius 2 is 2.33 bits per heavy atom. The number of hydrogen-bond donors (Lipinski definition) is 2. The molecule has 0 amide bonds. The molecule has 72 valence electrons. The van der Waals surface area contributed by atoms with Crippen LogP contribution in [0, 0.1) is 0 Å². The van der Waals surface area contributed by atoms with Gasteiger partial charge in [-0.25, -0.2) is 0 Å². The standard InChI is InChI=1S/C7H14O4S/c1-2-11-7(10)5-12-4-6(9)3-8/h6,8-9H,2-5H2,1H3. The van der Waals surface area contributed by atoms with Crippen LogP contribution < -0.4 is 0 Å². The number of rotatable bonds is 6. The molecule has 4 nitrogen and oxygen atoms in total. The maximum atomic E-state index is 10.7. The maximum Gasteiger partial charge on any atom is 0.315 e. The molecule has 0 aromatic rings. The van der Waals surface area contributed by atoms with Crippen molar-refractivity contribution >= 4 is 17.7 Å². The van der Waals surface area contributed by atoms with E-state index in [0.29, 0.717) is 12.4 Å². The van der Waals surface area contributed by atoms with Gasteiger partial charge in [0.1, 0.15) is 0 Å². The van der Waals surface area contributed by atoms with Crippen LogP contribution in [0.5, 0.6) is 0 Å². The molecule has 0 aromatic carbocycles. The second-order valence-electron chi connectivity index (χ2n) is 2.16. The van der Waals surface area contributed by atoms with Gasteiger partial charge in [0.05, 0.1) is 25.1 Å². The lowest BCUT2D eigenvalue weighted by Gasteiger charge is -2.05. The summed E-state index contributed by atoms with van der Waals surface area (Å²) in [5.74, 6) is 0.299. The number of thioether (sulfide) groups is 1. The van der Waals surface area contributed by atoms with Crippen molar-refractivity contribution in [3.05, 3.63) is 0 Å². The predicted octanol–water partition coefficient (Wildman–Crippen LogP) is -0.364. The van der Waals surface area contributed by atoms with Crippen LogP contribution in [0.25, 0.3) is 0 Å². The first kappa shape index (κ1) is 11.7. The molecule has 0 heterocycles. The Labute approximate surface area is 75.9 Å². The number of aliphatic hydroxyl groups is 2. The Hall–Kier alpha value is -0.260. The van der Waals surface area contributed by atoms with Crippen LogP contribution in [-0.4, -0.2) is 47.0 Å². The Kier molecular flexibility index (Phi) is 7.23. The monoisotopic (exact) mass is 194 g/mol. The van der Waals surface area contributed by atoms with E-state index in [-0.39, 0.29) is 18.3 Å². The van der Waals surface area contributed by atoms with Gasteiger partial charge < -0.3 is 14.9 Å². The quantitative estimate of drug-likeness (QED) is 0.565. The molecule has 0 aliphatic heterocycles. The van der Waals surface area contributed by atoms with Gasteiger partial charge in [0.15, 0.2) is 0 Å². The molecule has 0 aliphatic rings. The van der Waals surface area contributed by atoms with Crippen LogP contribution in [-0.2, 0) is 9.53 Å². The van der Waals surface area contributed by atoms with E-state index >= 15 is 0 Å². The first-order valence-corrected chi connectivity index (χ1v) is 4.88. The van der Waals surface area contributed by atoms with E-state index in [9.17, 15) is 4.79 Å². The summed E-state index contributed by atoms with van der Waals surface area (Å²) in [6, 6.07) is 0. The van der Waals surface area contributed by atoms with E-state index in [1.165, 1.54) is 11.8 Å². The first-order valence-electron chi connectivity index (χ1n) is 3.73. The molecule has 0 saturated heterocycles. The molecule has 1 atom stereocenters. The molecule has 12 heavy (non-hydrogen) atoms. The highest BCUT2D eigenvalue weighted by Crippen LogP contribution is 2.02. The fourth-order valence-electron chi connectivity index (χ4n) is 0.534. The van der Waals surface area contributed by atoms with Gasteiger partial charge in [-0.05, 0) is 6.92 Å². The average Bonchev–Trinajstić information content (AvgIpc) is 2.04. The minimum atomic E-state index is -0.746. The van der Waals surface area contributed by atoms with Gasteiger partial charge >= 0.3 is 5.97 Å². The molecule has 0 fully saturated rings. The molecule has 1 unspecified atom stereocenters. The summed E-state index contributed by atoms with van der Waals surface area (Å²) in [5.41, 5.74) is 0. The highest BCUT2D eigenvalue weighted by molar-refractivity contribution is 7.99. The third kappa shape index (κ3) is 6.45. The molecule has 0 rings (SSSR count). The highest BCUT2D eigenvalue weighted by atomic mass is 32.2. The van der Waals surface area contributed by atoms with E-state index in [0.717, 1.165) is 0 Å². The molecule has 0 radical (unpaired) electrons. The maximum absolute atomic E-state index is 10.7. The Bertz CT molecular complexity index is 129. The van der Waals surface area contributed by atoms with Crippen LogP contribution in [0.15, 0.2) is 0 Å². The van der Waals surface area contributed by atoms with Gasteiger partial charge in [-0.2, -0.15) is 0 Å². The molecule has 0 saturated carbocycles. The van der Waals surface area contributed by atoms with Gasteiger partial charge in [-0.15, -0.1) is 11.8 Å². The summed E-state index contributed by atoms with van der Waals surface area (Å²) in [4.78, 5) is 10.7. The summed E-state index contributed by atoms with van der Waals surface area (Å²) in [6.45, 7) is 1.85. The second-order valence-corrected chi connectivity index (χ2v) is 3.19. The number of hydrogen-bond acceptors (Lipinski definition) is 5. The summed E-state index contributed by atoms with van der Waals surface area (Å²) < 4.78 is 4.65. The second kappa shape index (κ2) is 7.39. The van der Waals surface area contributed by atoms with Crippen LogP contribution >= 0.6 is 11.8 Å². The molecular weight excluding hydrogens is 180 g/mol. The highest BCUT2D eigenvalue weighted by Gasteiger charge is 2.05. The Balaban J connectivity index is 3.24. The molecule has 0 spiro atoms. The Morgan fingerprint density at radius 3 is 2.83 bits per heavy atom. The van der Waals surface area contributed by atoms with Crippen molar-refractivity contribution in [2.75, 3.05) is 24.7 Å². The summed E-state index contributed by atoms with van der Waals surface area (Å²) >= 11 is 1.25. The van der Waals surface area contributed by atoms with E-state index in [2.05, 4.69) is 4.74 Å². The zero-order valence-electron chi connectivity index (χ0n) is 7.02. The average molecular weight is 194 g/mol. The minimum Gasteiger partial charge on any atom is -0.465 e. The van der Waals surface area contributed by atoms with Crippen LogP contribution in [0.1, 0.15) is 6.92 Å². The van der Waals surface area contributed by atoms with Gasteiger partial charge in [-0.3, -0.25) is 4.79 Å². The molecular formula is C7H14O4S. The third-order valence-electron chi connectivity index (χ3n) is 1.05. The normalized spacial score (nSPS) is 12.6. The van der Waals surface area contributed by atoms with Gasteiger partial charge in [0, 0.05) is 5.75 Å². The topological polar surface area (TPSA) is 66.8 Å². The van der Waals surface area contributed by atoms with Crippen LogP contribution in [0.2, 0.25) is 0 Å². The van der Waals surface area contributed by atoms with Crippen molar-refractivity contribution in [1.82, 2.24) is 0 Å². The largest absolute Gasteiger partial charge is 0.465 e. The smallest absolute Gasteiger partial charge is 0.315 e. The molecule has 2 N–H and O–H groups in total. The van der Waals surface area contributed by atoms with E-state index in [4.69, 9.17) is 10.2 Å². The summed E-state index contributed by atoms with van der Waals surface area (Å²) in [6.07, 6.45) is -0.746. The van der Waals surface area contributed by atoms with E-state index in [1.54, 1.807) is 6.92 Å². The zero-order valence-corrected chi connectivity index (χ0v) is 7.84. The fourth-order valence-corrected chi connectivity index (χ4v) is 1.28. The van der Waals surface area contributed by atoms with Crippen molar-refractivity contribution in [3.63, 3.8) is 0 Å². The summed E-state index contributed by atoms with van der Waals surface area (Å²) in [7, 11) is 0. The van der Waals surface area contributed by atoms with Crippen LogP contribution in [0.3, 0.4) is 0 Å². The molecule has 0 aromatic heterocycles. The van der Waals surface area contributed by atoms with Crippen molar-refractivity contribution in [2.24, 2.45) is 0 Å². The van der Waals surface area contributed by atoms with Crippen molar-refractivity contribution in [2.45, 2.75) is 13.0 Å². The first-order chi connectivity index (χ1) is 5.70. The lowest BCUT2D eigenvalue weighted by atomic mass is 10.4. The van der Waals surface area contributed by atoms with E-state index in [1.807, 2.05) is 0 Å². The minimum absolute atomic E-state index is 0.227. The number of ether oxygens (including phenoxy) is 1. The molecule has 0 bridgehead atoms. The van der Waals surface area contributed by atoms with Gasteiger partial charge in [0.25, 0.3) is 0 Å².